The van der Waals surface area contributed by atoms with Crippen molar-refractivity contribution in [3.63, 3.8) is 0 Å². The number of allylic oxidation sites excluding steroid dienone is 2. The Morgan fingerprint density at radius 2 is 2.25 bits per heavy atom. The number of carbonyl (C=O) groups is 2. The van der Waals surface area contributed by atoms with Crippen molar-refractivity contribution in [3.8, 4) is 0 Å². The molecule has 5 heteroatoms. The summed E-state index contributed by atoms with van der Waals surface area (Å²) in [6.07, 6.45) is 2.22. The zero-order chi connectivity index (χ0) is 17.3. The number of Topliss-reactive ketones (excluding diaryl/α,β-unsaturated/α-hetero) is 1. The van der Waals surface area contributed by atoms with Crippen LogP contribution < -0.4 is 5.32 Å². The van der Waals surface area contributed by atoms with Crippen molar-refractivity contribution in [2.45, 2.75) is 39.0 Å². The molecule has 1 aliphatic carbocycles. The summed E-state index contributed by atoms with van der Waals surface area (Å²) in [6.45, 7) is 8.45. The van der Waals surface area contributed by atoms with Gasteiger partial charge in [0, 0.05) is 34.2 Å². The average molecular weight is 345 g/mol. The first-order valence-electron chi connectivity index (χ1n) is 8.41. The molecule has 2 heterocycles. The molecule has 0 fully saturated rings. The van der Waals surface area contributed by atoms with Crippen molar-refractivity contribution in [1.82, 2.24) is 5.32 Å². The van der Waals surface area contributed by atoms with E-state index in [0.717, 1.165) is 29.0 Å². The van der Waals surface area contributed by atoms with Gasteiger partial charge in [0.2, 0.25) is 0 Å². The second-order valence-electron chi connectivity index (χ2n) is 6.81. The van der Waals surface area contributed by atoms with E-state index < -0.39 is 5.92 Å². The summed E-state index contributed by atoms with van der Waals surface area (Å²) in [7, 11) is 0. The Hall–Kier alpha value is -1.88. The quantitative estimate of drug-likeness (QED) is 0.844. The molecule has 0 saturated heterocycles. The van der Waals surface area contributed by atoms with Gasteiger partial charge in [-0.05, 0) is 30.2 Å². The van der Waals surface area contributed by atoms with Gasteiger partial charge < -0.3 is 10.1 Å². The van der Waals surface area contributed by atoms with E-state index in [9.17, 15) is 9.59 Å². The van der Waals surface area contributed by atoms with Crippen molar-refractivity contribution >= 4 is 23.1 Å². The Kier molecular flexibility index (Phi) is 4.90. The lowest BCUT2D eigenvalue weighted by atomic mass is 9.74. The van der Waals surface area contributed by atoms with Crippen LogP contribution in [0.1, 0.15) is 43.9 Å². The molecule has 3 rings (SSSR count). The van der Waals surface area contributed by atoms with Crippen LogP contribution in [0.5, 0.6) is 0 Å². The standard InChI is InChI=1S/C19H23NO3S/c1-11(2)10-23-19(22)16-12(3)20-13-6-4-7-14(21)17(13)18(16)15-8-5-9-24-15/h5,8-9,11,16,18,20H,3-4,6-7,10H2,1-2H3. The zero-order valence-corrected chi connectivity index (χ0v) is 14.9. The lowest BCUT2D eigenvalue weighted by molar-refractivity contribution is -0.149. The molecule has 1 aromatic rings. The largest absolute Gasteiger partial charge is 0.465 e. The number of carbonyl (C=O) groups excluding carboxylic acids is 2. The highest BCUT2D eigenvalue weighted by Crippen LogP contribution is 2.45. The molecule has 24 heavy (non-hydrogen) atoms. The highest BCUT2D eigenvalue weighted by molar-refractivity contribution is 7.10. The molecule has 4 nitrogen and oxygen atoms in total. The average Bonchev–Trinajstić information content (AvgIpc) is 3.05. The summed E-state index contributed by atoms with van der Waals surface area (Å²) in [4.78, 5) is 26.4. The molecule has 0 bridgehead atoms. The molecular weight excluding hydrogens is 322 g/mol. The lowest BCUT2D eigenvalue weighted by Crippen LogP contribution is -2.41. The number of rotatable bonds is 4. The fourth-order valence-corrected chi connectivity index (χ4v) is 4.26. The molecule has 1 aromatic heterocycles. The van der Waals surface area contributed by atoms with Gasteiger partial charge in [-0.1, -0.05) is 26.5 Å². The number of thiophene rings is 1. The highest BCUT2D eigenvalue weighted by atomic mass is 32.1. The first-order chi connectivity index (χ1) is 11.5. The predicted octanol–water partition coefficient (Wildman–Crippen LogP) is 3.77. The number of hydrogen-bond donors (Lipinski definition) is 1. The Morgan fingerprint density at radius 1 is 1.46 bits per heavy atom. The van der Waals surface area contributed by atoms with Gasteiger partial charge in [0.1, 0.15) is 5.92 Å². The van der Waals surface area contributed by atoms with Gasteiger partial charge in [-0.3, -0.25) is 9.59 Å². The van der Waals surface area contributed by atoms with Gasteiger partial charge in [-0.25, -0.2) is 0 Å². The maximum absolute atomic E-state index is 12.7. The minimum Gasteiger partial charge on any atom is -0.465 e. The van der Waals surface area contributed by atoms with Crippen molar-refractivity contribution in [3.05, 3.63) is 45.9 Å². The molecule has 2 atom stereocenters. The third kappa shape index (κ3) is 3.18. The normalized spacial score (nSPS) is 24.0. The molecule has 1 aliphatic heterocycles. The lowest BCUT2D eigenvalue weighted by Gasteiger charge is -2.37. The van der Waals surface area contributed by atoms with E-state index in [1.54, 1.807) is 11.3 Å². The summed E-state index contributed by atoms with van der Waals surface area (Å²) in [5, 5.41) is 5.20. The van der Waals surface area contributed by atoms with E-state index >= 15 is 0 Å². The van der Waals surface area contributed by atoms with Gasteiger partial charge in [0.05, 0.1) is 6.61 Å². The summed E-state index contributed by atoms with van der Waals surface area (Å²) in [6, 6.07) is 3.94. The van der Waals surface area contributed by atoms with E-state index in [0.29, 0.717) is 18.7 Å². The number of nitrogens with one attached hydrogen (secondary N) is 1. The van der Waals surface area contributed by atoms with Crippen molar-refractivity contribution in [1.29, 1.82) is 0 Å². The number of hydrogen-bond acceptors (Lipinski definition) is 5. The first kappa shape index (κ1) is 17.0. The van der Waals surface area contributed by atoms with Crippen molar-refractivity contribution in [2.24, 2.45) is 11.8 Å². The second kappa shape index (κ2) is 6.93. The second-order valence-corrected chi connectivity index (χ2v) is 7.79. The van der Waals surface area contributed by atoms with E-state index in [2.05, 4.69) is 11.9 Å². The van der Waals surface area contributed by atoms with Crippen LogP contribution in [0.2, 0.25) is 0 Å². The number of esters is 1. The highest BCUT2D eigenvalue weighted by Gasteiger charge is 2.44. The molecule has 0 radical (unpaired) electrons. The Labute approximate surface area is 146 Å². The number of ether oxygens (including phenoxy) is 1. The minimum atomic E-state index is -0.553. The molecule has 2 aliphatic rings. The molecule has 0 amide bonds. The first-order valence-corrected chi connectivity index (χ1v) is 9.29. The van der Waals surface area contributed by atoms with Gasteiger partial charge in [-0.15, -0.1) is 11.3 Å². The molecule has 128 valence electrons. The predicted molar refractivity (Wildman–Crippen MR) is 94.5 cm³/mol. The van der Waals surface area contributed by atoms with Gasteiger partial charge >= 0.3 is 5.97 Å². The smallest absolute Gasteiger partial charge is 0.315 e. The maximum Gasteiger partial charge on any atom is 0.315 e. The van der Waals surface area contributed by atoms with E-state index in [1.807, 2.05) is 31.4 Å². The molecule has 0 saturated carbocycles. The topological polar surface area (TPSA) is 55.4 Å². The van der Waals surface area contributed by atoms with Crippen molar-refractivity contribution in [2.75, 3.05) is 6.61 Å². The van der Waals surface area contributed by atoms with Crippen LogP contribution in [0, 0.1) is 11.8 Å². The van der Waals surface area contributed by atoms with Crippen LogP contribution >= 0.6 is 11.3 Å². The van der Waals surface area contributed by atoms with Crippen LogP contribution in [0.15, 0.2) is 41.1 Å². The van der Waals surface area contributed by atoms with E-state index in [-0.39, 0.29) is 23.6 Å². The molecular formula is C19H23NO3S. The Bertz CT molecular complexity index is 687. The van der Waals surface area contributed by atoms with Gasteiger partial charge in [-0.2, -0.15) is 0 Å². The summed E-state index contributed by atoms with van der Waals surface area (Å²) < 4.78 is 5.49. The maximum atomic E-state index is 12.7. The minimum absolute atomic E-state index is 0.135. The van der Waals surface area contributed by atoms with Crippen LogP contribution in [0.4, 0.5) is 0 Å². The van der Waals surface area contributed by atoms with Crippen LogP contribution in [0.25, 0.3) is 0 Å². The van der Waals surface area contributed by atoms with Crippen LogP contribution in [-0.2, 0) is 14.3 Å². The fraction of sp³-hybridized carbons (Fsp3) is 0.474. The molecule has 2 unspecified atom stereocenters. The SMILES string of the molecule is C=C1NC2=C(C(=O)CCC2)C(c2cccs2)C1C(=O)OCC(C)C. The number of ketones is 1. The monoisotopic (exact) mass is 345 g/mol. The third-order valence-electron chi connectivity index (χ3n) is 4.45. The Morgan fingerprint density at radius 3 is 2.92 bits per heavy atom. The third-order valence-corrected chi connectivity index (χ3v) is 5.41. The summed E-state index contributed by atoms with van der Waals surface area (Å²) in [5.41, 5.74) is 2.32. The van der Waals surface area contributed by atoms with Crippen LogP contribution in [-0.4, -0.2) is 18.4 Å². The van der Waals surface area contributed by atoms with Gasteiger partial charge in [0.15, 0.2) is 5.78 Å². The summed E-state index contributed by atoms with van der Waals surface area (Å²) >= 11 is 1.57. The zero-order valence-electron chi connectivity index (χ0n) is 14.1. The van der Waals surface area contributed by atoms with E-state index in [1.165, 1.54) is 0 Å². The molecule has 1 N–H and O–H groups in total. The molecule has 0 spiro atoms. The Balaban J connectivity index is 2.00. The van der Waals surface area contributed by atoms with Gasteiger partial charge in [0.25, 0.3) is 0 Å². The van der Waals surface area contributed by atoms with E-state index in [4.69, 9.17) is 4.74 Å². The fourth-order valence-electron chi connectivity index (χ4n) is 3.39. The molecule has 0 aromatic carbocycles. The van der Waals surface area contributed by atoms with Crippen LogP contribution in [0.3, 0.4) is 0 Å². The van der Waals surface area contributed by atoms with Crippen molar-refractivity contribution < 1.29 is 14.3 Å². The summed E-state index contributed by atoms with van der Waals surface area (Å²) in [5.74, 6) is -0.727.